The summed E-state index contributed by atoms with van der Waals surface area (Å²) >= 11 is 0. The first-order chi connectivity index (χ1) is 9.10. The van der Waals surface area contributed by atoms with Gasteiger partial charge in [0.2, 0.25) is 11.8 Å². The molecule has 0 bridgehead atoms. The molecule has 0 aromatic carbocycles. The number of carbonyl (C=O) groups excluding carboxylic acids is 2. The zero-order valence-electron chi connectivity index (χ0n) is 11.7. The maximum Gasteiger partial charge on any atom is 0.316 e. The molecule has 2 rings (SSSR count). The van der Waals surface area contributed by atoms with Crippen LogP contribution in [0.1, 0.15) is 64.2 Å². The largest absolute Gasteiger partial charge is 0.369 e. The van der Waals surface area contributed by atoms with E-state index in [1.807, 2.05) is 0 Å². The Balaban J connectivity index is 0.00000200. The molecule has 2 amide bonds. The highest BCUT2D eigenvalue weighted by atomic mass is 24.3. The summed E-state index contributed by atoms with van der Waals surface area (Å²) in [4.78, 5) is 24.4. The third kappa shape index (κ3) is 3.13. The van der Waals surface area contributed by atoms with Gasteiger partial charge < -0.3 is 11.5 Å². The van der Waals surface area contributed by atoms with Crippen molar-refractivity contribution in [3.8, 4) is 0 Å². The fourth-order valence-corrected chi connectivity index (χ4v) is 4.38. The predicted octanol–water partition coefficient (Wildman–Crippen LogP) is 1.19. The Bertz CT molecular complexity index is 314. The third-order valence-electron chi connectivity index (χ3n) is 5.31. The van der Waals surface area contributed by atoms with Crippen LogP contribution in [0.3, 0.4) is 0 Å². The molecule has 5 heteroatoms. The molecule has 0 aromatic heterocycles. The van der Waals surface area contributed by atoms with Crippen molar-refractivity contribution in [2.75, 3.05) is 0 Å². The second-order valence-electron chi connectivity index (χ2n) is 6.27. The monoisotopic (exact) mass is 292 g/mol. The lowest BCUT2D eigenvalue weighted by atomic mass is 9.58. The van der Waals surface area contributed by atoms with Crippen molar-refractivity contribution in [3.63, 3.8) is 0 Å². The molecule has 112 valence electrons. The lowest BCUT2D eigenvalue weighted by Crippen LogP contribution is -2.57. The van der Waals surface area contributed by atoms with Crippen molar-refractivity contribution >= 4 is 34.9 Å². The molecular weight excluding hydrogens is 264 g/mol. The molecule has 0 aromatic rings. The quantitative estimate of drug-likeness (QED) is 0.602. The van der Waals surface area contributed by atoms with E-state index in [0.29, 0.717) is 0 Å². The molecule has 2 aliphatic rings. The van der Waals surface area contributed by atoms with Crippen LogP contribution in [0.25, 0.3) is 0 Å². The van der Waals surface area contributed by atoms with Gasteiger partial charge in [-0.25, -0.2) is 0 Å². The molecule has 20 heavy (non-hydrogen) atoms. The van der Waals surface area contributed by atoms with Gasteiger partial charge in [-0.2, -0.15) is 0 Å². The summed E-state index contributed by atoms with van der Waals surface area (Å²) in [5.74, 6) is -0.809. The molecule has 0 radical (unpaired) electrons. The van der Waals surface area contributed by atoms with E-state index in [2.05, 4.69) is 0 Å². The molecule has 2 saturated carbocycles. The molecule has 0 heterocycles. The summed E-state index contributed by atoms with van der Waals surface area (Å²) in [6.07, 6.45) is 10.4. The Kier molecular flexibility index (Phi) is 6.78. The van der Waals surface area contributed by atoms with Crippen LogP contribution in [0.4, 0.5) is 0 Å². The number of rotatable bonds is 4. The van der Waals surface area contributed by atoms with Crippen LogP contribution in [0, 0.1) is 17.3 Å². The van der Waals surface area contributed by atoms with Gasteiger partial charge in [0, 0.05) is 0 Å². The summed E-state index contributed by atoms with van der Waals surface area (Å²) in [5.41, 5.74) is 10.3. The molecule has 0 aliphatic heterocycles. The summed E-state index contributed by atoms with van der Waals surface area (Å²) < 4.78 is 0. The minimum atomic E-state index is -1.08. The fourth-order valence-electron chi connectivity index (χ4n) is 4.38. The van der Waals surface area contributed by atoms with Crippen LogP contribution in [-0.4, -0.2) is 34.9 Å². The van der Waals surface area contributed by atoms with E-state index >= 15 is 0 Å². The van der Waals surface area contributed by atoms with Gasteiger partial charge in [-0.3, -0.25) is 9.59 Å². The molecular formula is C15H28MgN2O2. The van der Waals surface area contributed by atoms with Gasteiger partial charge in [0.1, 0.15) is 5.41 Å². The van der Waals surface area contributed by atoms with Crippen LogP contribution in [0.2, 0.25) is 0 Å². The molecule has 0 saturated heterocycles. The SMILES string of the molecule is NC(=O)C(C(N)=O)(C1CCCCC1)C1CCCCC1.[MgH2]. The maximum absolute atomic E-state index is 12.2. The van der Waals surface area contributed by atoms with Gasteiger partial charge in [0.25, 0.3) is 0 Å². The zero-order valence-corrected chi connectivity index (χ0v) is 11.7. The van der Waals surface area contributed by atoms with Crippen molar-refractivity contribution in [1.29, 1.82) is 0 Å². The number of primary amides is 2. The maximum atomic E-state index is 12.2. The highest BCUT2D eigenvalue weighted by molar-refractivity contribution is 6.04. The van der Waals surface area contributed by atoms with E-state index < -0.39 is 17.2 Å². The fraction of sp³-hybridized carbons (Fsp3) is 0.867. The Morgan fingerprint density at radius 1 is 0.700 bits per heavy atom. The molecule has 0 atom stereocenters. The normalized spacial score (nSPS) is 22.0. The van der Waals surface area contributed by atoms with Gasteiger partial charge in [-0.05, 0) is 37.5 Å². The zero-order chi connectivity index (χ0) is 13.9. The van der Waals surface area contributed by atoms with Gasteiger partial charge >= 0.3 is 23.1 Å². The van der Waals surface area contributed by atoms with E-state index in [9.17, 15) is 9.59 Å². The van der Waals surface area contributed by atoms with Crippen molar-refractivity contribution in [2.45, 2.75) is 64.2 Å². The molecule has 0 unspecified atom stereocenters. The van der Waals surface area contributed by atoms with E-state index in [0.717, 1.165) is 51.4 Å². The van der Waals surface area contributed by atoms with Crippen LogP contribution < -0.4 is 11.5 Å². The lowest BCUT2D eigenvalue weighted by Gasteiger charge is -2.44. The van der Waals surface area contributed by atoms with Crippen molar-refractivity contribution < 1.29 is 9.59 Å². The summed E-state index contributed by atoms with van der Waals surface area (Å²) in [6.45, 7) is 0. The summed E-state index contributed by atoms with van der Waals surface area (Å²) in [6, 6.07) is 0. The average molecular weight is 293 g/mol. The van der Waals surface area contributed by atoms with E-state index in [-0.39, 0.29) is 34.9 Å². The Labute approximate surface area is 137 Å². The molecule has 4 N–H and O–H groups in total. The first kappa shape index (κ1) is 17.8. The summed E-state index contributed by atoms with van der Waals surface area (Å²) in [7, 11) is 0. The topological polar surface area (TPSA) is 86.2 Å². The number of hydrogen-bond acceptors (Lipinski definition) is 2. The molecule has 4 nitrogen and oxygen atoms in total. The van der Waals surface area contributed by atoms with Crippen LogP contribution in [0.15, 0.2) is 0 Å². The highest BCUT2D eigenvalue weighted by Crippen LogP contribution is 2.48. The average Bonchev–Trinajstić information content (AvgIpc) is 2.41. The van der Waals surface area contributed by atoms with Crippen molar-refractivity contribution in [2.24, 2.45) is 28.7 Å². The Morgan fingerprint density at radius 3 is 1.25 bits per heavy atom. The van der Waals surface area contributed by atoms with E-state index in [1.54, 1.807) is 0 Å². The number of hydrogen-bond donors (Lipinski definition) is 2. The van der Waals surface area contributed by atoms with Crippen LogP contribution in [-0.2, 0) is 9.59 Å². The number of amides is 2. The van der Waals surface area contributed by atoms with Crippen LogP contribution >= 0.6 is 0 Å². The lowest BCUT2D eigenvalue weighted by molar-refractivity contribution is -0.151. The van der Waals surface area contributed by atoms with Crippen LogP contribution in [0.5, 0.6) is 0 Å². The Hall–Kier alpha value is -0.294. The van der Waals surface area contributed by atoms with Gasteiger partial charge in [0.15, 0.2) is 0 Å². The third-order valence-corrected chi connectivity index (χ3v) is 5.31. The second kappa shape index (κ2) is 7.64. The molecule has 2 fully saturated rings. The molecule has 0 spiro atoms. The predicted molar refractivity (Wildman–Crippen MR) is 82.5 cm³/mol. The number of nitrogens with two attached hydrogens (primary N) is 2. The van der Waals surface area contributed by atoms with Gasteiger partial charge in [-0.15, -0.1) is 0 Å². The highest BCUT2D eigenvalue weighted by Gasteiger charge is 2.54. The van der Waals surface area contributed by atoms with E-state index in [1.165, 1.54) is 12.8 Å². The van der Waals surface area contributed by atoms with E-state index in [4.69, 9.17) is 11.5 Å². The first-order valence-electron chi connectivity index (χ1n) is 7.70. The first-order valence-corrected chi connectivity index (χ1v) is 7.70. The molecule has 2 aliphatic carbocycles. The van der Waals surface area contributed by atoms with Gasteiger partial charge in [-0.1, -0.05) is 38.5 Å². The second-order valence-corrected chi connectivity index (χ2v) is 6.27. The summed E-state index contributed by atoms with van der Waals surface area (Å²) in [5, 5.41) is 0. The number of carbonyl (C=O) groups is 2. The van der Waals surface area contributed by atoms with Gasteiger partial charge in [0.05, 0.1) is 0 Å². The minimum absolute atomic E-state index is 0. The van der Waals surface area contributed by atoms with Crippen molar-refractivity contribution in [3.05, 3.63) is 0 Å². The smallest absolute Gasteiger partial charge is 0.316 e. The standard InChI is InChI=1S/C15H26N2O2.Mg.2H/c16-13(18)15(14(17)19,11-7-3-1-4-8-11)12-9-5-2-6-10-12;;;/h11-12H,1-10H2,(H2,16,18)(H2,17,19);;;. The minimum Gasteiger partial charge on any atom is -0.369 e. The Morgan fingerprint density at radius 2 is 1.00 bits per heavy atom. The van der Waals surface area contributed by atoms with Crippen molar-refractivity contribution in [1.82, 2.24) is 0 Å².